The number of carbonyl (C=O) groups is 2. The summed E-state index contributed by atoms with van der Waals surface area (Å²) in [5.41, 5.74) is 1.34. The molecular formula is C25H21FN4O4S. The third-order valence-corrected chi connectivity index (χ3v) is 5.54. The lowest BCUT2D eigenvalue weighted by atomic mass is 10.1. The Hall–Kier alpha value is -4.31. The molecule has 0 saturated carbocycles. The molecule has 0 bridgehead atoms. The summed E-state index contributed by atoms with van der Waals surface area (Å²) in [5, 5.41) is 5.62. The van der Waals surface area contributed by atoms with E-state index in [0.29, 0.717) is 28.0 Å². The highest BCUT2D eigenvalue weighted by Gasteiger charge is 2.22. The second-order valence-electron chi connectivity index (χ2n) is 7.34. The second kappa shape index (κ2) is 10.3. The first-order valence-electron chi connectivity index (χ1n) is 10.3. The van der Waals surface area contributed by atoms with E-state index in [0.717, 1.165) is 0 Å². The van der Waals surface area contributed by atoms with Gasteiger partial charge in [-0.15, -0.1) is 10.5 Å². The van der Waals surface area contributed by atoms with Gasteiger partial charge in [-0.1, -0.05) is 5.87 Å². The number of hydrogen-bond acceptors (Lipinski definition) is 6. The van der Waals surface area contributed by atoms with Crippen molar-refractivity contribution >= 4 is 33.9 Å². The minimum absolute atomic E-state index is 0.0773. The van der Waals surface area contributed by atoms with Crippen LogP contribution in [-0.4, -0.2) is 41.0 Å². The maximum atomic E-state index is 13.4. The Morgan fingerprint density at radius 2 is 1.74 bits per heavy atom. The number of ether oxygens (including phenoxy) is 1. The lowest BCUT2D eigenvalue weighted by Gasteiger charge is -2.09. The molecule has 0 radical (unpaired) electrons. The van der Waals surface area contributed by atoms with Crippen molar-refractivity contribution in [2.24, 2.45) is 0 Å². The first-order valence-corrected chi connectivity index (χ1v) is 12.1. The zero-order chi connectivity index (χ0) is 24.9. The minimum Gasteiger partial charge on any atom is -0.457 e. The Labute approximate surface area is 203 Å². The predicted molar refractivity (Wildman–Crippen MR) is 133 cm³/mol. The Morgan fingerprint density at radius 3 is 2.40 bits per heavy atom. The molecule has 2 aromatic carbocycles. The van der Waals surface area contributed by atoms with Gasteiger partial charge < -0.3 is 19.8 Å². The third kappa shape index (κ3) is 5.61. The maximum Gasteiger partial charge on any atom is 0.278 e. The molecule has 0 aliphatic heterocycles. The van der Waals surface area contributed by atoms with Crippen LogP contribution in [0.5, 0.6) is 11.5 Å². The van der Waals surface area contributed by atoms with Gasteiger partial charge in [-0.05, 0) is 60.9 Å². The molecule has 0 aliphatic carbocycles. The van der Waals surface area contributed by atoms with Gasteiger partial charge >= 0.3 is 0 Å². The van der Waals surface area contributed by atoms with Crippen molar-refractivity contribution in [3.8, 4) is 22.8 Å². The molecule has 0 fully saturated rings. The van der Waals surface area contributed by atoms with Crippen molar-refractivity contribution in [2.75, 3.05) is 18.6 Å². The average Bonchev–Trinajstić information content (AvgIpc) is 3.31. The van der Waals surface area contributed by atoms with Crippen LogP contribution in [0.1, 0.15) is 21.0 Å². The summed E-state index contributed by atoms with van der Waals surface area (Å²) in [7, 11) is 0.955. The Bertz CT molecular complexity index is 1400. The molecule has 4 rings (SSSR count). The number of aromatic nitrogens is 2. The van der Waals surface area contributed by atoms with Crippen LogP contribution >= 0.6 is 10.5 Å². The van der Waals surface area contributed by atoms with E-state index in [1.54, 1.807) is 30.3 Å². The van der Waals surface area contributed by atoms with Crippen LogP contribution in [-0.2, 0) is 0 Å². The summed E-state index contributed by atoms with van der Waals surface area (Å²) < 4.78 is 24.9. The quantitative estimate of drug-likeness (QED) is 0.353. The number of nitrogens with zero attached hydrogens (tertiary/aromatic N) is 2. The van der Waals surface area contributed by atoms with Crippen molar-refractivity contribution in [1.29, 1.82) is 0 Å². The van der Waals surface area contributed by atoms with Crippen molar-refractivity contribution in [2.45, 2.75) is 5.22 Å². The number of oxazole rings is 1. The van der Waals surface area contributed by atoms with Crippen LogP contribution in [0.3, 0.4) is 0 Å². The molecule has 4 aromatic rings. The minimum atomic E-state index is -0.566. The molecule has 8 nitrogen and oxygen atoms in total. The third-order valence-electron chi connectivity index (χ3n) is 4.77. The highest BCUT2D eigenvalue weighted by molar-refractivity contribution is 8.13. The fourth-order valence-corrected chi connectivity index (χ4v) is 3.53. The lowest BCUT2D eigenvalue weighted by molar-refractivity contribution is 0.0957. The van der Waals surface area contributed by atoms with Gasteiger partial charge in [-0.3, -0.25) is 14.6 Å². The molecule has 0 aliphatic rings. The van der Waals surface area contributed by atoms with Crippen LogP contribution in [0.4, 0.5) is 10.1 Å². The molecule has 178 valence electrons. The van der Waals surface area contributed by atoms with E-state index in [4.69, 9.17) is 9.15 Å². The largest absolute Gasteiger partial charge is 0.457 e. The smallest absolute Gasteiger partial charge is 0.278 e. The van der Waals surface area contributed by atoms with E-state index in [2.05, 4.69) is 26.5 Å². The summed E-state index contributed by atoms with van der Waals surface area (Å²) in [6.45, 7) is 0. The highest BCUT2D eigenvalue weighted by atomic mass is 32.2. The molecule has 0 saturated heterocycles. The number of anilines is 1. The first kappa shape index (κ1) is 23.8. The Kier molecular flexibility index (Phi) is 7.02. The van der Waals surface area contributed by atoms with Gasteiger partial charge in [0, 0.05) is 30.6 Å². The van der Waals surface area contributed by atoms with Crippen molar-refractivity contribution in [3.05, 3.63) is 84.1 Å². The number of benzene rings is 2. The molecule has 1 unspecified atom stereocenters. The molecular weight excluding hydrogens is 471 g/mol. The molecule has 2 heterocycles. The number of pyridine rings is 1. The molecule has 35 heavy (non-hydrogen) atoms. The number of halogens is 1. The highest BCUT2D eigenvalue weighted by Crippen LogP contribution is 2.31. The zero-order valence-electron chi connectivity index (χ0n) is 18.9. The van der Waals surface area contributed by atoms with E-state index in [9.17, 15) is 14.0 Å². The van der Waals surface area contributed by atoms with E-state index in [1.807, 2.05) is 6.26 Å². The number of hydrogen-bond donors (Lipinski definition) is 2. The van der Waals surface area contributed by atoms with E-state index in [1.165, 1.54) is 43.6 Å². The van der Waals surface area contributed by atoms with Crippen LogP contribution < -0.4 is 15.4 Å². The first-order chi connectivity index (χ1) is 16.8. The van der Waals surface area contributed by atoms with E-state index >= 15 is 0 Å². The fourth-order valence-electron chi connectivity index (χ4n) is 3.06. The lowest BCUT2D eigenvalue weighted by Crippen LogP contribution is -2.18. The Balaban J connectivity index is 1.51. The summed E-state index contributed by atoms with van der Waals surface area (Å²) in [4.78, 5) is 33.1. The van der Waals surface area contributed by atoms with Crippen LogP contribution in [0.15, 0.2) is 76.5 Å². The second-order valence-corrected chi connectivity index (χ2v) is 8.96. The summed E-state index contributed by atoms with van der Waals surface area (Å²) in [6.07, 6.45) is 3.30. The normalized spacial score (nSPS) is 11.5. The fraction of sp³-hybridized carbons (Fsp3) is 0.0800. The predicted octanol–water partition coefficient (Wildman–Crippen LogP) is 4.97. The molecule has 2 amide bonds. The molecule has 1 atom stereocenters. The number of rotatable bonds is 7. The van der Waals surface area contributed by atoms with Gasteiger partial charge in [0.1, 0.15) is 23.0 Å². The van der Waals surface area contributed by atoms with Gasteiger partial charge in [0.15, 0.2) is 11.5 Å². The molecule has 0 spiro atoms. The van der Waals surface area contributed by atoms with Gasteiger partial charge in [0.25, 0.3) is 11.8 Å². The monoisotopic (exact) mass is 492 g/mol. The molecule has 2 N–H and O–H groups in total. The maximum absolute atomic E-state index is 13.4. The topological polar surface area (TPSA) is 106 Å². The Morgan fingerprint density at radius 1 is 1.03 bits per heavy atom. The standard InChI is InChI=1S/C25H21FN4O4S/c1-27-23(31)20-14-19(12-13-28-20)33-18-10-8-17(9-11-18)29-24(32)21-22(34-25(30-21)35(2)3)15-4-6-16(26)7-5-15/h4-14H,2H2,1,3H3,(H,27,31)(H,29,32). The van der Waals surface area contributed by atoms with Crippen LogP contribution in [0.2, 0.25) is 0 Å². The van der Waals surface area contributed by atoms with Gasteiger partial charge in [0.2, 0.25) is 5.22 Å². The molecule has 2 aromatic heterocycles. The van der Waals surface area contributed by atoms with Crippen LogP contribution in [0.25, 0.3) is 11.3 Å². The van der Waals surface area contributed by atoms with E-state index < -0.39 is 22.2 Å². The average molecular weight is 493 g/mol. The van der Waals surface area contributed by atoms with Gasteiger partial charge in [0.05, 0.1) is 0 Å². The van der Waals surface area contributed by atoms with Crippen molar-refractivity contribution < 1.29 is 23.1 Å². The van der Waals surface area contributed by atoms with Crippen LogP contribution in [0, 0.1) is 5.82 Å². The zero-order valence-corrected chi connectivity index (χ0v) is 19.7. The number of carbonyl (C=O) groups excluding carboxylic acids is 2. The number of amides is 2. The van der Waals surface area contributed by atoms with Crippen molar-refractivity contribution in [1.82, 2.24) is 15.3 Å². The summed E-state index contributed by atoms with van der Waals surface area (Å²) in [5.74, 6) is 3.90. The van der Waals surface area contributed by atoms with E-state index in [-0.39, 0.29) is 23.1 Å². The number of nitrogens with one attached hydrogen (secondary N) is 2. The summed E-state index contributed by atoms with van der Waals surface area (Å²) in [6, 6.07) is 15.4. The van der Waals surface area contributed by atoms with Gasteiger partial charge in [-0.2, -0.15) is 4.98 Å². The SMILES string of the molecule is C=S(C)c1nc(C(=O)Nc2ccc(Oc3ccnc(C(=O)NC)c3)cc2)c(-c2ccc(F)cc2)o1. The van der Waals surface area contributed by atoms with Crippen molar-refractivity contribution in [3.63, 3.8) is 0 Å². The van der Waals surface area contributed by atoms with Gasteiger partial charge in [-0.25, -0.2) is 4.39 Å². The summed E-state index contributed by atoms with van der Waals surface area (Å²) >= 11 is 0. The molecule has 10 heteroatoms.